The summed E-state index contributed by atoms with van der Waals surface area (Å²) in [7, 11) is 1.63. The number of fused-ring (bicyclic) bond motifs is 1. The van der Waals surface area contributed by atoms with Gasteiger partial charge in [0.15, 0.2) is 5.76 Å². The van der Waals surface area contributed by atoms with Crippen LogP contribution in [0.25, 0.3) is 22.2 Å². The molecule has 0 unspecified atom stereocenters. The molecule has 0 bridgehead atoms. The van der Waals surface area contributed by atoms with Crippen molar-refractivity contribution in [3.05, 3.63) is 77.7 Å². The van der Waals surface area contributed by atoms with E-state index in [9.17, 15) is 4.79 Å². The molecule has 0 aliphatic rings. The fourth-order valence-corrected chi connectivity index (χ4v) is 3.04. The third-order valence-electron chi connectivity index (χ3n) is 4.45. The summed E-state index contributed by atoms with van der Waals surface area (Å²) in [6, 6.07) is 18.8. The third-order valence-corrected chi connectivity index (χ3v) is 4.45. The number of rotatable bonds is 5. The van der Waals surface area contributed by atoms with E-state index in [4.69, 9.17) is 14.2 Å². The maximum atomic E-state index is 12.9. The highest BCUT2D eigenvalue weighted by atomic mass is 16.5. The Balaban J connectivity index is 1.70. The number of aryl methyl sites for hydroxylation is 1. The van der Waals surface area contributed by atoms with Crippen molar-refractivity contribution in [1.29, 1.82) is 0 Å². The smallest absolute Gasteiger partial charge is 0.252 e. The lowest BCUT2D eigenvalue weighted by Gasteiger charge is -2.10. The van der Waals surface area contributed by atoms with Gasteiger partial charge < -0.3 is 14.6 Å². The molecule has 0 saturated heterocycles. The number of aromatic nitrogens is 2. The van der Waals surface area contributed by atoms with Crippen molar-refractivity contribution in [1.82, 2.24) is 15.5 Å². The molecular weight excluding hydrogens is 354 g/mol. The zero-order valence-electron chi connectivity index (χ0n) is 15.6. The number of methoxy groups -OCH3 is 1. The standard InChI is InChI=1S/C22H19N3O3/c1-14-11-17(28-25-14)13-23-22(26)19-12-21(15-7-9-16(27-2)10-8-15)24-20-6-4-3-5-18(19)20/h3-12H,13H2,1-2H3,(H,23,26). The van der Waals surface area contributed by atoms with Gasteiger partial charge in [-0.3, -0.25) is 4.79 Å². The molecule has 0 radical (unpaired) electrons. The first-order valence-electron chi connectivity index (χ1n) is 8.88. The van der Waals surface area contributed by atoms with Gasteiger partial charge in [0, 0.05) is 17.0 Å². The lowest BCUT2D eigenvalue weighted by Crippen LogP contribution is -2.23. The molecule has 0 saturated carbocycles. The number of hydrogen-bond donors (Lipinski definition) is 1. The van der Waals surface area contributed by atoms with Crippen LogP contribution in [0.4, 0.5) is 0 Å². The predicted molar refractivity (Wildman–Crippen MR) is 106 cm³/mol. The fraction of sp³-hybridized carbons (Fsp3) is 0.136. The largest absolute Gasteiger partial charge is 0.497 e. The summed E-state index contributed by atoms with van der Waals surface area (Å²) in [5, 5.41) is 7.53. The van der Waals surface area contributed by atoms with Crippen LogP contribution in [0, 0.1) is 6.92 Å². The number of para-hydroxylation sites is 1. The van der Waals surface area contributed by atoms with Crippen LogP contribution in [0.5, 0.6) is 5.75 Å². The molecule has 0 atom stereocenters. The predicted octanol–water partition coefficient (Wildman–Crippen LogP) is 4.14. The molecule has 1 N–H and O–H groups in total. The highest BCUT2D eigenvalue weighted by Crippen LogP contribution is 2.26. The van der Waals surface area contributed by atoms with Gasteiger partial charge in [-0.2, -0.15) is 0 Å². The fourth-order valence-electron chi connectivity index (χ4n) is 3.04. The zero-order valence-corrected chi connectivity index (χ0v) is 15.6. The summed E-state index contributed by atoms with van der Waals surface area (Å²) in [5.41, 5.74) is 3.73. The van der Waals surface area contributed by atoms with Gasteiger partial charge in [0.2, 0.25) is 0 Å². The Morgan fingerprint density at radius 2 is 1.89 bits per heavy atom. The average molecular weight is 373 g/mol. The summed E-state index contributed by atoms with van der Waals surface area (Å²) >= 11 is 0. The maximum Gasteiger partial charge on any atom is 0.252 e. The van der Waals surface area contributed by atoms with Gasteiger partial charge in [-0.25, -0.2) is 4.98 Å². The summed E-state index contributed by atoms with van der Waals surface area (Å²) in [6.07, 6.45) is 0. The second-order valence-electron chi connectivity index (χ2n) is 6.42. The lowest BCUT2D eigenvalue weighted by molar-refractivity contribution is 0.0948. The average Bonchev–Trinajstić information content (AvgIpc) is 3.16. The number of ether oxygens (including phenoxy) is 1. The molecule has 140 valence electrons. The summed E-state index contributed by atoms with van der Waals surface area (Å²) in [5.74, 6) is 1.19. The SMILES string of the molecule is COc1ccc(-c2cc(C(=O)NCc3cc(C)no3)c3ccccc3n2)cc1. The van der Waals surface area contributed by atoms with Crippen molar-refractivity contribution in [3.63, 3.8) is 0 Å². The van der Waals surface area contributed by atoms with Crippen LogP contribution >= 0.6 is 0 Å². The quantitative estimate of drug-likeness (QED) is 0.569. The lowest BCUT2D eigenvalue weighted by atomic mass is 10.0. The Kier molecular flexibility index (Phi) is 4.76. The van der Waals surface area contributed by atoms with Crippen molar-refractivity contribution < 1.29 is 14.1 Å². The van der Waals surface area contributed by atoms with Gasteiger partial charge in [-0.1, -0.05) is 23.4 Å². The highest BCUT2D eigenvalue weighted by Gasteiger charge is 2.14. The van der Waals surface area contributed by atoms with E-state index in [1.165, 1.54) is 0 Å². The minimum Gasteiger partial charge on any atom is -0.497 e. The monoisotopic (exact) mass is 373 g/mol. The Morgan fingerprint density at radius 3 is 2.61 bits per heavy atom. The number of pyridine rings is 1. The number of nitrogens with one attached hydrogen (secondary N) is 1. The highest BCUT2D eigenvalue weighted by molar-refractivity contribution is 6.07. The molecular formula is C22H19N3O3. The van der Waals surface area contributed by atoms with Crippen molar-refractivity contribution >= 4 is 16.8 Å². The van der Waals surface area contributed by atoms with Crippen LogP contribution < -0.4 is 10.1 Å². The van der Waals surface area contributed by atoms with Crippen molar-refractivity contribution in [2.75, 3.05) is 7.11 Å². The molecule has 28 heavy (non-hydrogen) atoms. The minimum absolute atomic E-state index is 0.192. The second-order valence-corrected chi connectivity index (χ2v) is 6.42. The van der Waals surface area contributed by atoms with Gasteiger partial charge in [0.1, 0.15) is 5.75 Å². The first-order valence-corrected chi connectivity index (χ1v) is 8.88. The number of benzene rings is 2. The first kappa shape index (κ1) is 17.7. The number of amides is 1. The van der Waals surface area contributed by atoms with Crippen LogP contribution in [0.15, 0.2) is 65.2 Å². The first-order chi connectivity index (χ1) is 13.6. The van der Waals surface area contributed by atoms with Gasteiger partial charge in [-0.05, 0) is 43.3 Å². The van der Waals surface area contributed by atoms with E-state index in [1.807, 2.05) is 61.5 Å². The molecule has 0 fully saturated rings. The number of hydrogen-bond acceptors (Lipinski definition) is 5. The molecule has 1 amide bonds. The summed E-state index contributed by atoms with van der Waals surface area (Å²) < 4.78 is 10.4. The Morgan fingerprint density at radius 1 is 1.11 bits per heavy atom. The van der Waals surface area contributed by atoms with Gasteiger partial charge in [0.05, 0.1) is 36.1 Å². The minimum atomic E-state index is -0.192. The Hall–Kier alpha value is -3.67. The molecule has 0 aliphatic carbocycles. The van der Waals surface area contributed by atoms with Crippen LogP contribution in [0.1, 0.15) is 21.8 Å². The molecule has 0 aliphatic heterocycles. The van der Waals surface area contributed by atoms with E-state index < -0.39 is 0 Å². The van der Waals surface area contributed by atoms with Crippen molar-refractivity contribution in [3.8, 4) is 17.0 Å². The van der Waals surface area contributed by atoms with E-state index in [1.54, 1.807) is 13.2 Å². The van der Waals surface area contributed by atoms with Gasteiger partial charge in [-0.15, -0.1) is 0 Å². The maximum absolute atomic E-state index is 12.9. The summed E-state index contributed by atoms with van der Waals surface area (Å²) in [4.78, 5) is 17.6. The second kappa shape index (κ2) is 7.52. The van der Waals surface area contributed by atoms with Crippen LogP contribution in [0.3, 0.4) is 0 Å². The molecule has 6 nitrogen and oxygen atoms in total. The zero-order chi connectivity index (χ0) is 19.5. The summed E-state index contributed by atoms with van der Waals surface area (Å²) in [6.45, 7) is 2.11. The molecule has 4 rings (SSSR count). The molecule has 6 heteroatoms. The Bertz CT molecular complexity index is 1130. The Labute approximate surface area is 162 Å². The third kappa shape index (κ3) is 3.57. The molecule has 4 aromatic rings. The van der Waals surface area contributed by atoms with E-state index in [0.717, 1.165) is 33.6 Å². The van der Waals surface area contributed by atoms with Crippen molar-refractivity contribution in [2.24, 2.45) is 0 Å². The molecule has 2 aromatic heterocycles. The molecule has 2 heterocycles. The number of carbonyl (C=O) groups is 1. The van der Waals surface area contributed by atoms with Crippen molar-refractivity contribution in [2.45, 2.75) is 13.5 Å². The molecule has 0 spiro atoms. The molecule has 2 aromatic carbocycles. The topological polar surface area (TPSA) is 77.2 Å². The van der Waals surface area contributed by atoms with E-state index in [2.05, 4.69) is 10.5 Å². The van der Waals surface area contributed by atoms with Crippen LogP contribution in [-0.4, -0.2) is 23.2 Å². The van der Waals surface area contributed by atoms with Crippen LogP contribution in [-0.2, 0) is 6.54 Å². The number of nitrogens with zero attached hydrogens (tertiary/aromatic N) is 2. The number of carbonyl (C=O) groups excluding carboxylic acids is 1. The van der Waals surface area contributed by atoms with E-state index in [-0.39, 0.29) is 12.5 Å². The normalized spacial score (nSPS) is 10.8. The van der Waals surface area contributed by atoms with E-state index in [0.29, 0.717) is 11.3 Å². The van der Waals surface area contributed by atoms with Crippen LogP contribution in [0.2, 0.25) is 0 Å². The van der Waals surface area contributed by atoms with Gasteiger partial charge >= 0.3 is 0 Å². The van der Waals surface area contributed by atoms with E-state index >= 15 is 0 Å². The van der Waals surface area contributed by atoms with Gasteiger partial charge in [0.25, 0.3) is 5.91 Å².